The van der Waals surface area contributed by atoms with Gasteiger partial charge in [-0.05, 0) is 44.3 Å². The molecule has 0 spiro atoms. The van der Waals surface area contributed by atoms with E-state index in [0.29, 0.717) is 17.7 Å². The number of hydrogen-bond donors (Lipinski definition) is 0. The van der Waals surface area contributed by atoms with E-state index in [0.717, 1.165) is 44.5 Å². The molecular weight excluding hydrogens is 350 g/mol. The lowest BCUT2D eigenvalue weighted by Gasteiger charge is -2.47. The van der Waals surface area contributed by atoms with E-state index in [1.54, 1.807) is 0 Å². The van der Waals surface area contributed by atoms with Gasteiger partial charge in [0, 0.05) is 24.6 Å². The van der Waals surface area contributed by atoms with Crippen LogP contribution >= 0.6 is 0 Å². The minimum Gasteiger partial charge on any atom is -0.351 e. The van der Waals surface area contributed by atoms with Gasteiger partial charge in [-0.2, -0.15) is 0 Å². The van der Waals surface area contributed by atoms with Crippen LogP contribution in [0.2, 0.25) is 0 Å². The van der Waals surface area contributed by atoms with Crippen LogP contribution in [-0.2, 0) is 0 Å². The Morgan fingerprint density at radius 2 is 1.93 bits per heavy atom. The molecule has 0 aliphatic carbocycles. The van der Waals surface area contributed by atoms with Crippen molar-refractivity contribution in [2.24, 2.45) is 0 Å². The molecule has 1 amide bonds. The number of benzene rings is 1. The van der Waals surface area contributed by atoms with Gasteiger partial charge in [0.15, 0.2) is 0 Å². The quantitative estimate of drug-likeness (QED) is 0.796. The molecule has 3 heterocycles. The fourth-order valence-electron chi connectivity index (χ4n) is 4.91. The summed E-state index contributed by atoms with van der Waals surface area (Å²) in [6.07, 6.45) is 4.41. The molecule has 0 radical (unpaired) electrons. The minimum atomic E-state index is -0.00692. The van der Waals surface area contributed by atoms with Crippen LogP contribution < -0.4 is 0 Å². The third kappa shape index (κ3) is 3.60. The highest BCUT2D eigenvalue weighted by molar-refractivity contribution is 5.92. The van der Waals surface area contributed by atoms with Crippen LogP contribution in [-0.4, -0.2) is 53.1 Å². The molecule has 5 heteroatoms. The second-order valence-electron chi connectivity index (χ2n) is 8.61. The number of piperidine rings is 1. The molecule has 2 aromatic rings. The topological polar surface area (TPSA) is 49.6 Å². The van der Waals surface area contributed by atoms with Crippen molar-refractivity contribution < 1.29 is 9.32 Å². The van der Waals surface area contributed by atoms with Gasteiger partial charge in [0.25, 0.3) is 5.91 Å². The molecule has 150 valence electrons. The summed E-state index contributed by atoms with van der Waals surface area (Å²) in [6, 6.07) is 13.1. The Balaban J connectivity index is 1.70. The lowest BCUT2D eigenvalue weighted by molar-refractivity contribution is 0.0316. The van der Waals surface area contributed by atoms with E-state index in [-0.39, 0.29) is 17.9 Å². The average molecular weight is 382 g/mol. The first-order valence-corrected chi connectivity index (χ1v) is 10.6. The molecule has 0 N–H and O–H groups in total. The third-order valence-corrected chi connectivity index (χ3v) is 6.49. The largest absolute Gasteiger partial charge is 0.351 e. The van der Waals surface area contributed by atoms with E-state index in [2.05, 4.69) is 66.2 Å². The molecule has 0 bridgehead atoms. The van der Waals surface area contributed by atoms with Crippen LogP contribution in [0.3, 0.4) is 0 Å². The van der Waals surface area contributed by atoms with Gasteiger partial charge in [-0.15, -0.1) is 0 Å². The maximum Gasteiger partial charge on any atom is 0.292 e. The van der Waals surface area contributed by atoms with Crippen LogP contribution in [0.5, 0.6) is 0 Å². The summed E-state index contributed by atoms with van der Waals surface area (Å²) in [5.74, 6) is 0.980. The Labute approximate surface area is 167 Å². The normalized spacial score (nSPS) is 26.1. The molecule has 1 aromatic carbocycles. The molecule has 2 aliphatic heterocycles. The number of fused-ring (bicyclic) bond motifs is 1. The average Bonchev–Trinajstić information content (AvgIpc) is 3.10. The van der Waals surface area contributed by atoms with Crippen molar-refractivity contribution in [3.8, 4) is 0 Å². The highest BCUT2D eigenvalue weighted by atomic mass is 16.5. The number of amides is 1. The molecule has 28 heavy (non-hydrogen) atoms. The first-order valence-electron chi connectivity index (χ1n) is 10.6. The zero-order valence-electron chi connectivity index (χ0n) is 17.2. The Bertz CT molecular complexity index is 801. The standard InChI is InChI=1S/C23H31N3O2/c1-16(2)19-15-21(28-24-19)23(27)26-13-8-7-11-20-22(26)18(12-14-25(20)3)17-9-5-4-6-10-17/h4-6,9-10,15-16,18,20,22H,7-8,11-14H2,1-3H3/t18-,20-,22-/m1/s1. The Hall–Kier alpha value is -2.14. The van der Waals surface area contributed by atoms with Crippen molar-refractivity contribution in [1.82, 2.24) is 15.0 Å². The molecule has 4 rings (SSSR count). The number of carbonyl (C=O) groups is 1. The summed E-state index contributed by atoms with van der Waals surface area (Å²) in [6.45, 7) is 5.99. The fraction of sp³-hybridized carbons (Fsp3) is 0.565. The van der Waals surface area contributed by atoms with Gasteiger partial charge in [0.05, 0.1) is 11.7 Å². The van der Waals surface area contributed by atoms with E-state index < -0.39 is 0 Å². The van der Waals surface area contributed by atoms with Gasteiger partial charge in [-0.3, -0.25) is 4.79 Å². The van der Waals surface area contributed by atoms with E-state index in [4.69, 9.17) is 4.52 Å². The zero-order valence-corrected chi connectivity index (χ0v) is 17.2. The van der Waals surface area contributed by atoms with Gasteiger partial charge in [-0.25, -0.2) is 0 Å². The van der Waals surface area contributed by atoms with Gasteiger partial charge in [0.1, 0.15) is 0 Å². The zero-order chi connectivity index (χ0) is 19.7. The predicted molar refractivity (Wildman–Crippen MR) is 109 cm³/mol. The summed E-state index contributed by atoms with van der Waals surface area (Å²) >= 11 is 0. The van der Waals surface area contributed by atoms with Crippen molar-refractivity contribution >= 4 is 5.91 Å². The molecule has 2 aliphatic rings. The summed E-state index contributed by atoms with van der Waals surface area (Å²) in [7, 11) is 2.21. The van der Waals surface area contributed by atoms with Crippen molar-refractivity contribution in [2.45, 2.75) is 63.5 Å². The first kappa shape index (κ1) is 19.2. The number of carbonyl (C=O) groups excluding carboxylic acids is 1. The second-order valence-corrected chi connectivity index (χ2v) is 8.61. The minimum absolute atomic E-state index is 0.00692. The Morgan fingerprint density at radius 1 is 1.14 bits per heavy atom. The number of likely N-dealkylation sites (N-methyl/N-ethyl adjacent to an activating group) is 1. The summed E-state index contributed by atoms with van der Waals surface area (Å²) in [5.41, 5.74) is 2.18. The van der Waals surface area contributed by atoms with E-state index >= 15 is 0 Å². The monoisotopic (exact) mass is 381 g/mol. The molecular formula is C23H31N3O2. The predicted octanol–water partition coefficient (Wildman–Crippen LogP) is 4.28. The number of rotatable bonds is 3. The van der Waals surface area contributed by atoms with Crippen molar-refractivity contribution in [3.63, 3.8) is 0 Å². The maximum absolute atomic E-state index is 13.5. The number of aromatic nitrogens is 1. The van der Waals surface area contributed by atoms with Gasteiger partial charge >= 0.3 is 0 Å². The second kappa shape index (κ2) is 8.08. The van der Waals surface area contributed by atoms with Crippen LogP contribution in [0.25, 0.3) is 0 Å². The first-order chi connectivity index (χ1) is 13.6. The molecule has 3 atom stereocenters. The van der Waals surface area contributed by atoms with Crippen LogP contribution in [0.4, 0.5) is 0 Å². The van der Waals surface area contributed by atoms with Crippen molar-refractivity contribution in [1.29, 1.82) is 0 Å². The molecule has 2 saturated heterocycles. The van der Waals surface area contributed by atoms with Gasteiger partial charge < -0.3 is 14.3 Å². The summed E-state index contributed by atoms with van der Waals surface area (Å²) in [5, 5.41) is 4.12. The fourth-order valence-corrected chi connectivity index (χ4v) is 4.91. The lowest BCUT2D eigenvalue weighted by atomic mass is 9.79. The van der Waals surface area contributed by atoms with Gasteiger partial charge in [-0.1, -0.05) is 55.8 Å². The van der Waals surface area contributed by atoms with E-state index in [1.807, 2.05) is 6.07 Å². The lowest BCUT2D eigenvalue weighted by Crippen LogP contribution is -2.58. The highest BCUT2D eigenvalue weighted by Gasteiger charge is 2.44. The van der Waals surface area contributed by atoms with Crippen molar-refractivity contribution in [3.05, 3.63) is 53.4 Å². The Kier molecular flexibility index (Phi) is 5.54. The molecule has 5 nitrogen and oxygen atoms in total. The van der Waals surface area contributed by atoms with Crippen LogP contribution in [0.15, 0.2) is 40.9 Å². The van der Waals surface area contributed by atoms with E-state index in [1.165, 1.54) is 5.56 Å². The van der Waals surface area contributed by atoms with Crippen LogP contribution in [0.1, 0.15) is 73.2 Å². The third-order valence-electron chi connectivity index (χ3n) is 6.49. The molecule has 0 saturated carbocycles. The summed E-state index contributed by atoms with van der Waals surface area (Å²) < 4.78 is 5.47. The number of nitrogens with zero attached hydrogens (tertiary/aromatic N) is 3. The Morgan fingerprint density at radius 3 is 2.64 bits per heavy atom. The van der Waals surface area contributed by atoms with Crippen molar-refractivity contribution in [2.75, 3.05) is 20.1 Å². The molecule has 2 fully saturated rings. The molecule has 0 unspecified atom stereocenters. The highest BCUT2D eigenvalue weighted by Crippen LogP contribution is 2.39. The van der Waals surface area contributed by atoms with Crippen LogP contribution in [0, 0.1) is 0 Å². The van der Waals surface area contributed by atoms with E-state index in [9.17, 15) is 4.79 Å². The van der Waals surface area contributed by atoms with Gasteiger partial charge in [0.2, 0.25) is 5.76 Å². The smallest absolute Gasteiger partial charge is 0.292 e. The maximum atomic E-state index is 13.5. The molecule has 1 aromatic heterocycles. The SMILES string of the molecule is CC(C)c1cc(C(=O)N2CCCC[C@@H]3[C@H]2[C@@H](c2ccccc2)CCN3C)on1. The summed E-state index contributed by atoms with van der Waals surface area (Å²) in [4.78, 5) is 18.0. The number of likely N-dealkylation sites (tertiary alicyclic amines) is 2. The number of hydrogen-bond acceptors (Lipinski definition) is 4.